The number of nitrogens with one attached hydrogen (secondary N) is 2. The maximum absolute atomic E-state index is 12.3. The number of carbonyl (C=O) groups excluding carboxylic acids is 1. The van der Waals surface area contributed by atoms with E-state index in [2.05, 4.69) is 15.0 Å². The van der Waals surface area contributed by atoms with Crippen molar-refractivity contribution < 1.29 is 13.2 Å². The Kier molecular flexibility index (Phi) is 5.70. The maximum Gasteiger partial charge on any atom is 0.262 e. The second-order valence-electron chi connectivity index (χ2n) is 4.94. The van der Waals surface area contributed by atoms with Gasteiger partial charge in [-0.3, -0.25) is 14.5 Å². The molecule has 6 nitrogen and oxygen atoms in total. The highest BCUT2D eigenvalue weighted by atomic mass is 32.2. The van der Waals surface area contributed by atoms with Crippen LogP contribution in [-0.4, -0.2) is 26.7 Å². The Labute approximate surface area is 136 Å². The Morgan fingerprint density at radius 3 is 2.83 bits per heavy atom. The van der Waals surface area contributed by atoms with Crippen LogP contribution >= 0.6 is 0 Å². The number of rotatable bonds is 5. The molecular formula is C16H19N3O3S. The van der Waals surface area contributed by atoms with E-state index in [-0.39, 0.29) is 10.8 Å². The van der Waals surface area contributed by atoms with Crippen molar-refractivity contribution in [2.45, 2.75) is 24.7 Å². The molecule has 0 spiro atoms. The summed E-state index contributed by atoms with van der Waals surface area (Å²) in [6.07, 6.45) is 7.99. The molecule has 0 aromatic heterocycles. The van der Waals surface area contributed by atoms with Crippen molar-refractivity contribution in [3.05, 3.63) is 48.6 Å². The lowest BCUT2D eigenvalue weighted by atomic mass is 10.3. The molecule has 0 fully saturated rings. The van der Waals surface area contributed by atoms with Crippen LogP contribution in [0.25, 0.3) is 0 Å². The fraction of sp³-hybridized carbons (Fsp3) is 0.250. The second-order valence-corrected chi connectivity index (χ2v) is 6.62. The van der Waals surface area contributed by atoms with Crippen LogP contribution in [0.5, 0.6) is 0 Å². The summed E-state index contributed by atoms with van der Waals surface area (Å²) >= 11 is 0. The predicted octanol–water partition coefficient (Wildman–Crippen LogP) is 2.23. The lowest BCUT2D eigenvalue weighted by molar-refractivity contribution is -0.111. The number of nitrogens with zero attached hydrogens (tertiary/aromatic N) is 1. The van der Waals surface area contributed by atoms with Crippen molar-refractivity contribution in [2.24, 2.45) is 4.99 Å². The van der Waals surface area contributed by atoms with E-state index >= 15 is 0 Å². The summed E-state index contributed by atoms with van der Waals surface area (Å²) in [6.45, 7) is 2.49. The molecule has 2 rings (SSSR count). The molecule has 1 aromatic carbocycles. The molecular weight excluding hydrogens is 314 g/mol. The number of amides is 1. The molecule has 0 aliphatic carbocycles. The van der Waals surface area contributed by atoms with Gasteiger partial charge in [-0.05, 0) is 31.5 Å². The summed E-state index contributed by atoms with van der Waals surface area (Å²) in [5.41, 5.74) is 0.413. The van der Waals surface area contributed by atoms with E-state index in [1.165, 1.54) is 18.2 Å². The van der Waals surface area contributed by atoms with Gasteiger partial charge in [0.2, 0.25) is 5.91 Å². The minimum absolute atomic E-state index is 0.0855. The van der Waals surface area contributed by atoms with E-state index in [0.29, 0.717) is 24.5 Å². The number of allylic oxidation sites excluding steroid dienone is 3. The Morgan fingerprint density at radius 2 is 2.13 bits per heavy atom. The minimum atomic E-state index is -3.68. The van der Waals surface area contributed by atoms with Crippen molar-refractivity contribution >= 4 is 27.5 Å². The van der Waals surface area contributed by atoms with Crippen LogP contribution in [0.4, 0.5) is 5.69 Å². The summed E-state index contributed by atoms with van der Waals surface area (Å²) in [7, 11) is -3.68. The molecule has 0 saturated carbocycles. The first-order chi connectivity index (χ1) is 11.0. The Bertz CT molecular complexity index is 765. The van der Waals surface area contributed by atoms with Gasteiger partial charge in [-0.15, -0.1) is 0 Å². The van der Waals surface area contributed by atoms with Crippen LogP contribution in [0.2, 0.25) is 0 Å². The van der Waals surface area contributed by atoms with Gasteiger partial charge in [-0.25, -0.2) is 8.42 Å². The van der Waals surface area contributed by atoms with Gasteiger partial charge in [-0.2, -0.15) is 0 Å². The normalized spacial score (nSPS) is 15.1. The average molecular weight is 333 g/mol. The molecule has 0 bridgehead atoms. The quantitative estimate of drug-likeness (QED) is 0.640. The van der Waals surface area contributed by atoms with E-state index < -0.39 is 10.0 Å². The molecule has 0 saturated heterocycles. The van der Waals surface area contributed by atoms with Crippen molar-refractivity contribution in [3.63, 3.8) is 0 Å². The first kappa shape index (κ1) is 17.0. The second kappa shape index (κ2) is 7.73. The third-order valence-corrected chi connectivity index (χ3v) is 4.47. The van der Waals surface area contributed by atoms with E-state index in [1.54, 1.807) is 30.4 Å². The largest absolute Gasteiger partial charge is 0.322 e. The van der Waals surface area contributed by atoms with Crippen molar-refractivity contribution in [1.82, 2.24) is 4.72 Å². The Hall–Kier alpha value is -2.41. The summed E-state index contributed by atoms with van der Waals surface area (Å²) in [6, 6.07) is 6.10. The lowest BCUT2D eigenvalue weighted by Gasteiger charge is -2.09. The predicted molar refractivity (Wildman–Crippen MR) is 90.9 cm³/mol. The molecule has 1 aromatic rings. The number of hydrogen-bond donors (Lipinski definition) is 2. The van der Waals surface area contributed by atoms with Gasteiger partial charge in [-0.1, -0.05) is 24.3 Å². The first-order valence-corrected chi connectivity index (χ1v) is 8.76. The molecule has 2 N–H and O–H groups in total. The average Bonchev–Trinajstić information content (AvgIpc) is 3.00. The van der Waals surface area contributed by atoms with E-state index in [4.69, 9.17) is 0 Å². The van der Waals surface area contributed by atoms with E-state index in [9.17, 15) is 13.2 Å². The monoisotopic (exact) mass is 333 g/mol. The van der Waals surface area contributed by atoms with Crippen molar-refractivity contribution in [2.75, 3.05) is 11.9 Å². The minimum Gasteiger partial charge on any atom is -0.322 e. The highest BCUT2D eigenvalue weighted by Crippen LogP contribution is 2.16. The number of amidine groups is 1. The highest BCUT2D eigenvalue weighted by molar-refractivity contribution is 7.90. The molecule has 0 radical (unpaired) electrons. The van der Waals surface area contributed by atoms with Gasteiger partial charge in [0.1, 0.15) is 5.84 Å². The van der Waals surface area contributed by atoms with Crippen LogP contribution in [0.1, 0.15) is 19.8 Å². The highest BCUT2D eigenvalue weighted by Gasteiger charge is 2.18. The molecule has 7 heteroatoms. The number of aliphatic imine (C=N–C) groups is 1. The topological polar surface area (TPSA) is 87.6 Å². The Balaban J connectivity index is 2.11. The van der Waals surface area contributed by atoms with Gasteiger partial charge in [0.05, 0.1) is 4.90 Å². The molecule has 1 heterocycles. The van der Waals surface area contributed by atoms with Crippen LogP contribution in [-0.2, 0) is 14.8 Å². The van der Waals surface area contributed by atoms with Crippen molar-refractivity contribution in [1.29, 1.82) is 0 Å². The van der Waals surface area contributed by atoms with E-state index in [1.807, 2.05) is 6.92 Å². The van der Waals surface area contributed by atoms with Crippen LogP contribution in [0, 0.1) is 0 Å². The zero-order chi connectivity index (χ0) is 16.7. The summed E-state index contributed by atoms with van der Waals surface area (Å²) in [4.78, 5) is 15.9. The number of anilines is 1. The number of benzene rings is 1. The van der Waals surface area contributed by atoms with Crippen LogP contribution in [0.15, 0.2) is 58.5 Å². The fourth-order valence-electron chi connectivity index (χ4n) is 2.02. The van der Waals surface area contributed by atoms with Gasteiger partial charge < -0.3 is 5.32 Å². The molecule has 0 unspecified atom stereocenters. The van der Waals surface area contributed by atoms with Crippen LogP contribution < -0.4 is 10.0 Å². The molecule has 23 heavy (non-hydrogen) atoms. The molecule has 122 valence electrons. The van der Waals surface area contributed by atoms with Crippen molar-refractivity contribution in [3.8, 4) is 0 Å². The summed E-state index contributed by atoms with van der Waals surface area (Å²) in [5, 5.41) is 2.62. The zero-order valence-corrected chi connectivity index (χ0v) is 13.6. The molecule has 1 aliphatic heterocycles. The molecule has 1 aliphatic rings. The maximum atomic E-state index is 12.3. The van der Waals surface area contributed by atoms with Crippen LogP contribution in [0.3, 0.4) is 0 Å². The van der Waals surface area contributed by atoms with Gasteiger partial charge >= 0.3 is 0 Å². The first-order valence-electron chi connectivity index (χ1n) is 7.28. The number of sulfonamides is 1. The fourth-order valence-corrected chi connectivity index (χ4v) is 3.15. The Morgan fingerprint density at radius 1 is 1.30 bits per heavy atom. The smallest absolute Gasteiger partial charge is 0.262 e. The summed E-state index contributed by atoms with van der Waals surface area (Å²) < 4.78 is 27.1. The van der Waals surface area contributed by atoms with Gasteiger partial charge in [0.15, 0.2) is 0 Å². The van der Waals surface area contributed by atoms with Gasteiger partial charge in [0, 0.05) is 24.7 Å². The number of carbonyl (C=O) groups is 1. The third-order valence-electron chi connectivity index (χ3n) is 3.09. The lowest BCUT2D eigenvalue weighted by Crippen LogP contribution is -2.29. The third kappa shape index (κ3) is 5.07. The number of hydrogen-bond acceptors (Lipinski definition) is 4. The van der Waals surface area contributed by atoms with E-state index in [0.717, 1.165) is 6.42 Å². The van der Waals surface area contributed by atoms with Gasteiger partial charge in [0.25, 0.3) is 10.0 Å². The SMILES string of the molecule is C/C=C/C=C/C(=O)Nc1cccc(S(=O)(=O)NC2=NCCC2)c1. The summed E-state index contributed by atoms with van der Waals surface area (Å²) in [5.74, 6) is 0.152. The molecule has 1 amide bonds. The zero-order valence-electron chi connectivity index (χ0n) is 12.8. The molecule has 0 atom stereocenters. The standard InChI is InChI=1S/C16H19N3O3S/c1-2-3-4-10-16(20)18-13-7-5-8-14(12-13)23(21,22)19-15-9-6-11-17-15/h2-5,7-8,10,12H,6,9,11H2,1H3,(H,17,19)(H,18,20)/b3-2+,10-4+.